The average Bonchev–Trinajstić information content (AvgIpc) is 3.20. The zero-order valence-corrected chi connectivity index (χ0v) is 11.2. The third-order valence-electron chi connectivity index (χ3n) is 4.03. The first kappa shape index (κ1) is 12.7. The zero-order valence-electron chi connectivity index (χ0n) is 11.2. The highest BCUT2D eigenvalue weighted by atomic mass is 16.3. The largest absolute Gasteiger partial charge is 0.393 e. The fraction of sp³-hybridized carbons (Fsp3) is 0.714. The Kier molecular flexibility index (Phi) is 3.55. The fourth-order valence-corrected chi connectivity index (χ4v) is 2.80. The van der Waals surface area contributed by atoms with Gasteiger partial charge < -0.3 is 16.2 Å². The van der Waals surface area contributed by atoms with Crippen LogP contribution >= 0.6 is 0 Å². The number of hydrogen-bond donors (Lipinski definition) is 3. The molecule has 2 aliphatic carbocycles. The summed E-state index contributed by atoms with van der Waals surface area (Å²) < 4.78 is 0. The molecule has 2 unspecified atom stereocenters. The Balaban J connectivity index is 1.59. The molecule has 2 atom stereocenters. The van der Waals surface area contributed by atoms with Crippen molar-refractivity contribution in [3.8, 4) is 0 Å². The van der Waals surface area contributed by atoms with E-state index in [1.807, 2.05) is 0 Å². The van der Waals surface area contributed by atoms with Gasteiger partial charge in [0, 0.05) is 18.5 Å². The number of nitrogen functional groups attached to an aromatic ring is 1. The van der Waals surface area contributed by atoms with Crippen molar-refractivity contribution >= 4 is 11.6 Å². The number of nitrogens with zero attached hydrogens (tertiary/aromatic N) is 2. The van der Waals surface area contributed by atoms with Crippen LogP contribution in [0.25, 0.3) is 0 Å². The van der Waals surface area contributed by atoms with Crippen molar-refractivity contribution in [2.75, 3.05) is 17.6 Å². The van der Waals surface area contributed by atoms with E-state index < -0.39 is 0 Å². The summed E-state index contributed by atoms with van der Waals surface area (Å²) in [6.07, 6.45) is 6.37. The molecule has 0 amide bonds. The van der Waals surface area contributed by atoms with E-state index in [2.05, 4.69) is 15.3 Å². The van der Waals surface area contributed by atoms with Crippen LogP contribution in [0.5, 0.6) is 0 Å². The van der Waals surface area contributed by atoms with E-state index in [1.165, 1.54) is 19.3 Å². The van der Waals surface area contributed by atoms with Crippen LogP contribution in [0.1, 0.15) is 50.3 Å². The fourth-order valence-electron chi connectivity index (χ4n) is 2.80. The maximum absolute atomic E-state index is 9.67. The van der Waals surface area contributed by atoms with E-state index in [4.69, 9.17) is 5.73 Å². The first-order chi connectivity index (χ1) is 9.20. The predicted molar refractivity (Wildman–Crippen MR) is 74.9 cm³/mol. The molecule has 2 saturated carbocycles. The van der Waals surface area contributed by atoms with E-state index in [9.17, 15) is 5.11 Å². The van der Waals surface area contributed by atoms with Crippen LogP contribution in [-0.4, -0.2) is 27.7 Å². The molecule has 4 N–H and O–H groups in total. The molecule has 0 spiro atoms. The maximum atomic E-state index is 9.67. The monoisotopic (exact) mass is 262 g/mol. The Bertz CT molecular complexity index is 447. The molecule has 0 radical (unpaired) electrons. The van der Waals surface area contributed by atoms with Crippen molar-refractivity contribution in [3.63, 3.8) is 0 Å². The Morgan fingerprint density at radius 2 is 2.11 bits per heavy atom. The molecule has 1 aromatic heterocycles. The molecular formula is C14H22N4O. The number of aliphatic hydroxyl groups is 1. The smallest absolute Gasteiger partial charge is 0.136 e. The van der Waals surface area contributed by atoms with Crippen LogP contribution < -0.4 is 11.1 Å². The highest BCUT2D eigenvalue weighted by Gasteiger charge is 2.27. The normalized spacial score (nSPS) is 27.2. The van der Waals surface area contributed by atoms with Gasteiger partial charge in [0.1, 0.15) is 17.5 Å². The quantitative estimate of drug-likeness (QED) is 0.771. The first-order valence-electron chi connectivity index (χ1n) is 7.27. The van der Waals surface area contributed by atoms with E-state index in [0.29, 0.717) is 17.7 Å². The van der Waals surface area contributed by atoms with Crippen molar-refractivity contribution in [1.29, 1.82) is 0 Å². The van der Waals surface area contributed by atoms with E-state index in [0.717, 1.165) is 37.4 Å². The number of aliphatic hydroxyl groups excluding tert-OH is 1. The first-order valence-corrected chi connectivity index (χ1v) is 7.27. The molecule has 104 valence electrons. The third-order valence-corrected chi connectivity index (χ3v) is 4.03. The summed E-state index contributed by atoms with van der Waals surface area (Å²) in [6, 6.07) is 1.80. The van der Waals surface area contributed by atoms with Crippen LogP contribution in [-0.2, 0) is 0 Å². The molecular weight excluding hydrogens is 240 g/mol. The molecule has 0 aliphatic heterocycles. The van der Waals surface area contributed by atoms with Gasteiger partial charge in [-0.1, -0.05) is 6.42 Å². The van der Waals surface area contributed by atoms with E-state index in [-0.39, 0.29) is 6.10 Å². The van der Waals surface area contributed by atoms with Gasteiger partial charge >= 0.3 is 0 Å². The number of hydrogen-bond acceptors (Lipinski definition) is 5. The third kappa shape index (κ3) is 3.35. The van der Waals surface area contributed by atoms with E-state index >= 15 is 0 Å². The minimum Gasteiger partial charge on any atom is -0.393 e. The van der Waals surface area contributed by atoms with Gasteiger partial charge in [-0.05, 0) is 38.0 Å². The lowest BCUT2D eigenvalue weighted by Gasteiger charge is -2.26. The summed E-state index contributed by atoms with van der Waals surface area (Å²) in [7, 11) is 0. The van der Waals surface area contributed by atoms with Crippen LogP contribution in [0, 0.1) is 5.92 Å². The molecule has 2 aliphatic rings. The van der Waals surface area contributed by atoms with Crippen LogP contribution in [0.4, 0.5) is 11.6 Å². The Labute approximate surface area is 113 Å². The highest BCUT2D eigenvalue weighted by molar-refractivity contribution is 5.45. The molecule has 5 heteroatoms. The summed E-state index contributed by atoms with van der Waals surface area (Å²) in [5.41, 5.74) is 5.82. The standard InChI is InChI=1S/C14H22N4O/c15-12-7-13(18-14(17-12)10-4-5-10)16-8-9-2-1-3-11(19)6-9/h7,9-11,19H,1-6,8H2,(H3,15,16,17,18). The Morgan fingerprint density at radius 3 is 2.84 bits per heavy atom. The molecule has 0 bridgehead atoms. The van der Waals surface area contributed by atoms with Crippen LogP contribution in [0.2, 0.25) is 0 Å². The lowest BCUT2D eigenvalue weighted by molar-refractivity contribution is 0.104. The SMILES string of the molecule is Nc1cc(NCC2CCCC(O)C2)nc(C2CC2)n1. The average molecular weight is 262 g/mol. The number of aromatic nitrogens is 2. The van der Waals surface area contributed by atoms with Crippen molar-refractivity contribution in [3.05, 3.63) is 11.9 Å². The molecule has 0 aromatic carbocycles. The number of nitrogens with two attached hydrogens (primary N) is 1. The van der Waals surface area contributed by atoms with Gasteiger partial charge in [-0.2, -0.15) is 0 Å². The van der Waals surface area contributed by atoms with Crippen LogP contribution in [0.3, 0.4) is 0 Å². The molecule has 3 rings (SSSR count). The molecule has 2 fully saturated rings. The van der Waals surface area contributed by atoms with Gasteiger partial charge in [0.2, 0.25) is 0 Å². The van der Waals surface area contributed by atoms with Gasteiger partial charge in [-0.3, -0.25) is 0 Å². The topological polar surface area (TPSA) is 84.1 Å². The lowest BCUT2D eigenvalue weighted by Crippen LogP contribution is -2.25. The van der Waals surface area contributed by atoms with Crippen LogP contribution in [0.15, 0.2) is 6.07 Å². The summed E-state index contributed by atoms with van der Waals surface area (Å²) in [5, 5.41) is 13.0. The Hall–Kier alpha value is -1.36. The number of rotatable bonds is 4. The molecule has 19 heavy (non-hydrogen) atoms. The summed E-state index contributed by atoms with van der Waals surface area (Å²) in [6.45, 7) is 0.859. The summed E-state index contributed by atoms with van der Waals surface area (Å²) >= 11 is 0. The zero-order chi connectivity index (χ0) is 13.2. The van der Waals surface area contributed by atoms with Gasteiger partial charge in [0.25, 0.3) is 0 Å². The van der Waals surface area contributed by atoms with Crippen molar-refractivity contribution in [2.24, 2.45) is 5.92 Å². The minimum absolute atomic E-state index is 0.127. The Morgan fingerprint density at radius 1 is 1.26 bits per heavy atom. The van der Waals surface area contributed by atoms with Gasteiger partial charge in [-0.25, -0.2) is 9.97 Å². The highest BCUT2D eigenvalue weighted by Crippen LogP contribution is 2.38. The second kappa shape index (κ2) is 5.33. The van der Waals surface area contributed by atoms with Crippen molar-refractivity contribution in [2.45, 2.75) is 50.5 Å². The summed E-state index contributed by atoms with van der Waals surface area (Å²) in [5.74, 6) is 3.30. The van der Waals surface area contributed by atoms with Crippen molar-refractivity contribution < 1.29 is 5.11 Å². The molecule has 0 saturated heterocycles. The van der Waals surface area contributed by atoms with Crippen molar-refractivity contribution in [1.82, 2.24) is 9.97 Å². The minimum atomic E-state index is -0.127. The number of nitrogens with one attached hydrogen (secondary N) is 1. The van der Waals surface area contributed by atoms with Gasteiger partial charge in [0.15, 0.2) is 0 Å². The lowest BCUT2D eigenvalue weighted by atomic mass is 9.87. The maximum Gasteiger partial charge on any atom is 0.136 e. The van der Waals surface area contributed by atoms with Gasteiger partial charge in [-0.15, -0.1) is 0 Å². The van der Waals surface area contributed by atoms with Gasteiger partial charge in [0.05, 0.1) is 6.10 Å². The van der Waals surface area contributed by atoms with E-state index in [1.54, 1.807) is 6.07 Å². The predicted octanol–water partition coefficient (Wildman–Crippen LogP) is 1.90. The second-order valence-corrected chi connectivity index (χ2v) is 5.88. The molecule has 5 nitrogen and oxygen atoms in total. The molecule has 1 heterocycles. The number of anilines is 2. The molecule has 1 aromatic rings. The second-order valence-electron chi connectivity index (χ2n) is 5.88. The summed E-state index contributed by atoms with van der Waals surface area (Å²) in [4.78, 5) is 8.82.